The number of benzene rings is 1. The summed E-state index contributed by atoms with van der Waals surface area (Å²) in [5.41, 5.74) is 5.29. The molecule has 1 N–H and O–H groups in total. The van der Waals surface area contributed by atoms with Gasteiger partial charge in [0, 0.05) is 5.56 Å². The number of aryl methyl sites for hydroxylation is 1. The first-order valence-electron chi connectivity index (χ1n) is 3.35. The molecule has 0 saturated heterocycles. The molecule has 2 rings (SSSR count). The monoisotopic (exact) mass is 135 g/mol. The predicted octanol–water partition coefficient (Wildman–Crippen LogP) is 1.39. The van der Waals surface area contributed by atoms with E-state index in [1.807, 2.05) is 6.07 Å². The van der Waals surface area contributed by atoms with E-state index in [9.17, 15) is 0 Å². The molecule has 0 unspecified atom stereocenters. The zero-order valence-corrected chi connectivity index (χ0v) is 5.85. The topological polar surface area (TPSA) is 21.3 Å². The second-order valence-electron chi connectivity index (χ2n) is 2.53. The van der Waals surface area contributed by atoms with Gasteiger partial charge in [0.2, 0.25) is 0 Å². The van der Waals surface area contributed by atoms with Gasteiger partial charge in [0.25, 0.3) is 0 Å². The maximum absolute atomic E-state index is 5.13. The van der Waals surface area contributed by atoms with Gasteiger partial charge in [-0.05, 0) is 18.6 Å². The molecule has 1 aliphatic rings. The zero-order chi connectivity index (χ0) is 6.97. The smallest absolute Gasteiger partial charge is 0.152 e. The van der Waals surface area contributed by atoms with Gasteiger partial charge in [-0.3, -0.25) is 0 Å². The standard InChI is InChI=1S/C8H9NO/c1-6-2-3-7-5-9-10-8(7)4-6/h2-4,9H,5H2,1H3. The molecule has 0 aliphatic carbocycles. The summed E-state index contributed by atoms with van der Waals surface area (Å²) in [5.74, 6) is 0.972. The summed E-state index contributed by atoms with van der Waals surface area (Å²) in [6.45, 7) is 2.89. The van der Waals surface area contributed by atoms with E-state index in [-0.39, 0.29) is 0 Å². The third kappa shape index (κ3) is 0.772. The molecule has 0 spiro atoms. The van der Waals surface area contributed by atoms with Crippen molar-refractivity contribution < 1.29 is 4.84 Å². The van der Waals surface area contributed by atoms with Crippen LogP contribution in [0.2, 0.25) is 0 Å². The van der Waals surface area contributed by atoms with Crippen LogP contribution in [-0.2, 0) is 6.54 Å². The lowest BCUT2D eigenvalue weighted by Crippen LogP contribution is -2.07. The Morgan fingerprint density at radius 2 is 2.40 bits per heavy atom. The Labute approximate surface area is 59.8 Å². The summed E-state index contributed by atoms with van der Waals surface area (Å²) in [5, 5.41) is 0. The van der Waals surface area contributed by atoms with Crippen LogP contribution >= 0.6 is 0 Å². The van der Waals surface area contributed by atoms with Gasteiger partial charge in [0.1, 0.15) is 0 Å². The van der Waals surface area contributed by atoms with E-state index in [0.29, 0.717) is 0 Å². The van der Waals surface area contributed by atoms with Crippen LogP contribution in [0.5, 0.6) is 5.75 Å². The quantitative estimate of drug-likeness (QED) is 0.580. The van der Waals surface area contributed by atoms with Crippen molar-refractivity contribution in [3.8, 4) is 5.75 Å². The van der Waals surface area contributed by atoms with Crippen LogP contribution in [0, 0.1) is 6.92 Å². The minimum Gasteiger partial charge on any atom is -0.408 e. The van der Waals surface area contributed by atoms with Gasteiger partial charge in [0.15, 0.2) is 5.75 Å². The molecule has 0 radical (unpaired) electrons. The van der Waals surface area contributed by atoms with Crippen molar-refractivity contribution >= 4 is 0 Å². The lowest BCUT2D eigenvalue weighted by atomic mass is 10.1. The van der Waals surface area contributed by atoms with E-state index in [1.165, 1.54) is 11.1 Å². The van der Waals surface area contributed by atoms with Crippen molar-refractivity contribution in [1.29, 1.82) is 0 Å². The molecule has 0 amide bonds. The molecule has 0 bridgehead atoms. The lowest BCUT2D eigenvalue weighted by Gasteiger charge is -1.96. The first-order chi connectivity index (χ1) is 4.86. The van der Waals surface area contributed by atoms with Crippen molar-refractivity contribution in [3.63, 3.8) is 0 Å². The fourth-order valence-corrected chi connectivity index (χ4v) is 1.09. The maximum Gasteiger partial charge on any atom is 0.152 e. The van der Waals surface area contributed by atoms with E-state index in [1.54, 1.807) is 0 Å². The third-order valence-electron chi connectivity index (χ3n) is 1.67. The van der Waals surface area contributed by atoms with Crippen molar-refractivity contribution in [2.45, 2.75) is 13.5 Å². The fraction of sp³-hybridized carbons (Fsp3) is 0.250. The molecule has 10 heavy (non-hydrogen) atoms. The van der Waals surface area contributed by atoms with Crippen molar-refractivity contribution in [2.75, 3.05) is 0 Å². The Kier molecular flexibility index (Phi) is 1.14. The molecule has 1 heterocycles. The largest absolute Gasteiger partial charge is 0.408 e. The molecule has 0 saturated carbocycles. The highest BCUT2D eigenvalue weighted by Gasteiger charge is 2.09. The van der Waals surface area contributed by atoms with Gasteiger partial charge in [-0.25, -0.2) is 0 Å². The maximum atomic E-state index is 5.13. The molecule has 0 fully saturated rings. The average Bonchev–Trinajstić information content (AvgIpc) is 2.33. The fourth-order valence-electron chi connectivity index (χ4n) is 1.09. The molecule has 2 nitrogen and oxygen atoms in total. The van der Waals surface area contributed by atoms with Gasteiger partial charge in [-0.15, -0.1) is 0 Å². The molecule has 2 heteroatoms. The first kappa shape index (κ1) is 5.74. The van der Waals surface area contributed by atoms with E-state index in [4.69, 9.17) is 4.84 Å². The van der Waals surface area contributed by atoms with Crippen LogP contribution in [0.1, 0.15) is 11.1 Å². The average molecular weight is 135 g/mol. The number of hydrogen-bond donors (Lipinski definition) is 1. The molecule has 0 atom stereocenters. The summed E-state index contributed by atoms with van der Waals surface area (Å²) >= 11 is 0. The van der Waals surface area contributed by atoms with E-state index in [0.717, 1.165) is 12.3 Å². The summed E-state index contributed by atoms with van der Waals surface area (Å²) < 4.78 is 0. The normalized spacial score (nSPS) is 14.5. The van der Waals surface area contributed by atoms with Crippen molar-refractivity contribution in [1.82, 2.24) is 5.48 Å². The Balaban J connectivity index is 2.52. The van der Waals surface area contributed by atoms with Crippen LogP contribution in [0.15, 0.2) is 18.2 Å². The van der Waals surface area contributed by atoms with Gasteiger partial charge >= 0.3 is 0 Å². The highest BCUT2D eigenvalue weighted by Crippen LogP contribution is 2.22. The first-order valence-corrected chi connectivity index (χ1v) is 3.35. The van der Waals surface area contributed by atoms with Crippen LogP contribution < -0.4 is 10.3 Å². The number of hydrogen-bond acceptors (Lipinski definition) is 2. The number of hydroxylamine groups is 1. The van der Waals surface area contributed by atoms with Crippen LogP contribution in [-0.4, -0.2) is 0 Å². The second kappa shape index (κ2) is 1.99. The van der Waals surface area contributed by atoms with Crippen molar-refractivity contribution in [3.05, 3.63) is 29.3 Å². The molecule has 1 aromatic carbocycles. The van der Waals surface area contributed by atoms with E-state index >= 15 is 0 Å². The molecule has 52 valence electrons. The highest BCUT2D eigenvalue weighted by atomic mass is 16.7. The summed E-state index contributed by atoms with van der Waals surface area (Å²) in [7, 11) is 0. The van der Waals surface area contributed by atoms with Crippen LogP contribution in [0.3, 0.4) is 0 Å². The van der Waals surface area contributed by atoms with Crippen LogP contribution in [0.25, 0.3) is 0 Å². The van der Waals surface area contributed by atoms with E-state index < -0.39 is 0 Å². The summed E-state index contributed by atoms with van der Waals surface area (Å²) in [4.78, 5) is 5.13. The lowest BCUT2D eigenvalue weighted by molar-refractivity contribution is 0.224. The Hall–Kier alpha value is -1.02. The number of rotatable bonds is 0. The Morgan fingerprint density at radius 1 is 1.50 bits per heavy atom. The Morgan fingerprint density at radius 3 is 3.30 bits per heavy atom. The number of nitrogens with one attached hydrogen (secondary N) is 1. The molecular weight excluding hydrogens is 126 g/mol. The van der Waals surface area contributed by atoms with Gasteiger partial charge < -0.3 is 4.84 Å². The predicted molar refractivity (Wildman–Crippen MR) is 38.6 cm³/mol. The summed E-state index contributed by atoms with van der Waals surface area (Å²) in [6, 6.07) is 6.22. The highest BCUT2D eigenvalue weighted by molar-refractivity contribution is 5.38. The Bertz CT molecular complexity index is 257. The van der Waals surface area contributed by atoms with Gasteiger partial charge in [-0.1, -0.05) is 12.1 Å². The number of fused-ring (bicyclic) bond motifs is 1. The van der Waals surface area contributed by atoms with Crippen molar-refractivity contribution in [2.24, 2.45) is 0 Å². The second-order valence-corrected chi connectivity index (χ2v) is 2.53. The summed E-state index contributed by atoms with van der Waals surface area (Å²) in [6.07, 6.45) is 0. The molecular formula is C8H9NO. The van der Waals surface area contributed by atoms with E-state index in [2.05, 4.69) is 24.5 Å². The van der Waals surface area contributed by atoms with Crippen LogP contribution in [0.4, 0.5) is 0 Å². The van der Waals surface area contributed by atoms with Gasteiger partial charge in [0.05, 0.1) is 6.54 Å². The SMILES string of the molecule is Cc1ccc2c(c1)ONC2. The molecule has 1 aliphatic heterocycles. The van der Waals surface area contributed by atoms with Gasteiger partial charge in [-0.2, -0.15) is 5.48 Å². The minimum absolute atomic E-state index is 0.829. The molecule has 1 aromatic rings. The zero-order valence-electron chi connectivity index (χ0n) is 5.85. The molecule has 0 aromatic heterocycles. The minimum atomic E-state index is 0.829. The third-order valence-corrected chi connectivity index (χ3v) is 1.67.